The molecule has 2 rings (SSSR count). The monoisotopic (exact) mass is 350 g/mol. The van der Waals surface area contributed by atoms with Crippen LogP contribution in [-0.2, 0) is 19.6 Å². The number of sulfonamides is 1. The van der Waals surface area contributed by atoms with Gasteiger partial charge in [0.25, 0.3) is 0 Å². The summed E-state index contributed by atoms with van der Waals surface area (Å²) in [6, 6.07) is 12.2. The summed E-state index contributed by atoms with van der Waals surface area (Å²) in [6.45, 7) is -0.520. The van der Waals surface area contributed by atoms with Crippen molar-refractivity contribution in [3.05, 3.63) is 42.5 Å². The van der Waals surface area contributed by atoms with Crippen molar-refractivity contribution in [1.82, 2.24) is 9.62 Å². The summed E-state index contributed by atoms with van der Waals surface area (Å²) >= 11 is 0. The van der Waals surface area contributed by atoms with Gasteiger partial charge in [0.15, 0.2) is 0 Å². The number of carboxylic acids is 1. The van der Waals surface area contributed by atoms with E-state index < -0.39 is 28.4 Å². The molecule has 7 nitrogen and oxygen atoms in total. The molecule has 0 spiro atoms. The van der Waals surface area contributed by atoms with Gasteiger partial charge in [-0.15, -0.1) is 0 Å². The van der Waals surface area contributed by atoms with Gasteiger partial charge in [0.2, 0.25) is 15.9 Å². The van der Waals surface area contributed by atoms with E-state index in [2.05, 4.69) is 4.72 Å². The molecular weight excluding hydrogens is 332 g/mol. The molecule has 0 bridgehead atoms. The minimum atomic E-state index is -3.73. The molecule has 0 heterocycles. The Hall–Kier alpha value is -2.45. The Kier molecular flexibility index (Phi) is 5.53. The molecule has 8 heteroatoms. The van der Waals surface area contributed by atoms with Gasteiger partial charge in [-0.2, -0.15) is 0 Å². The van der Waals surface area contributed by atoms with Crippen molar-refractivity contribution in [3.63, 3.8) is 0 Å². The van der Waals surface area contributed by atoms with Crippen molar-refractivity contribution in [1.29, 1.82) is 0 Å². The van der Waals surface area contributed by atoms with Crippen LogP contribution in [0, 0.1) is 0 Å². The maximum Gasteiger partial charge on any atom is 0.323 e. The van der Waals surface area contributed by atoms with Crippen LogP contribution in [0.5, 0.6) is 0 Å². The number of carbonyl (C=O) groups excluding carboxylic acids is 1. The lowest BCUT2D eigenvalue weighted by atomic mass is 10.1. The molecule has 2 N–H and O–H groups in total. The van der Waals surface area contributed by atoms with E-state index in [1.54, 1.807) is 12.1 Å². The lowest BCUT2D eigenvalue weighted by molar-refractivity contribution is -0.143. The fourth-order valence-corrected chi connectivity index (χ4v) is 3.26. The predicted octanol–water partition coefficient (Wildman–Crippen LogP) is 1.05. The smallest absolute Gasteiger partial charge is 0.323 e. The molecule has 0 saturated carbocycles. The lowest BCUT2D eigenvalue weighted by Gasteiger charge is -2.14. The van der Waals surface area contributed by atoms with Crippen LogP contribution < -0.4 is 4.72 Å². The van der Waals surface area contributed by atoms with Crippen molar-refractivity contribution in [2.24, 2.45) is 0 Å². The van der Waals surface area contributed by atoms with E-state index in [1.165, 1.54) is 13.1 Å². The van der Waals surface area contributed by atoms with E-state index in [4.69, 9.17) is 5.11 Å². The minimum absolute atomic E-state index is 0.0993. The van der Waals surface area contributed by atoms with Crippen molar-refractivity contribution in [2.45, 2.75) is 11.3 Å². The first kappa shape index (κ1) is 17.9. The second-order valence-electron chi connectivity index (χ2n) is 5.30. The average Bonchev–Trinajstić information content (AvgIpc) is 2.53. The summed E-state index contributed by atoms with van der Waals surface area (Å²) in [5.41, 5.74) is 0. The molecule has 0 aromatic heterocycles. The second kappa shape index (κ2) is 7.41. The van der Waals surface area contributed by atoms with Gasteiger partial charge >= 0.3 is 5.97 Å². The Morgan fingerprint density at radius 2 is 1.79 bits per heavy atom. The largest absolute Gasteiger partial charge is 0.480 e. The van der Waals surface area contributed by atoms with E-state index >= 15 is 0 Å². The number of carboxylic acid groups (broad SMARTS) is 1. The van der Waals surface area contributed by atoms with Crippen LogP contribution in [0.3, 0.4) is 0 Å². The van der Waals surface area contributed by atoms with Crippen LogP contribution in [0.4, 0.5) is 0 Å². The number of likely N-dealkylation sites (N-methyl/N-ethyl adjacent to an activating group) is 1. The molecule has 0 fully saturated rings. The lowest BCUT2D eigenvalue weighted by Crippen LogP contribution is -2.35. The predicted molar refractivity (Wildman–Crippen MR) is 89.0 cm³/mol. The zero-order chi connectivity index (χ0) is 17.7. The zero-order valence-electron chi connectivity index (χ0n) is 13.1. The summed E-state index contributed by atoms with van der Waals surface area (Å²) < 4.78 is 26.9. The molecule has 2 aromatic carbocycles. The number of fused-ring (bicyclic) bond motifs is 1. The number of benzene rings is 2. The molecule has 0 aliphatic carbocycles. The molecular formula is C16H18N2O5S. The number of aliphatic carboxylic acids is 1. The van der Waals surface area contributed by atoms with Crippen LogP contribution >= 0.6 is 0 Å². The molecule has 0 aliphatic heterocycles. The highest BCUT2D eigenvalue weighted by molar-refractivity contribution is 7.89. The van der Waals surface area contributed by atoms with Gasteiger partial charge in [-0.05, 0) is 22.9 Å². The van der Waals surface area contributed by atoms with Crippen LogP contribution in [0.25, 0.3) is 10.8 Å². The molecule has 1 amide bonds. The zero-order valence-corrected chi connectivity index (χ0v) is 13.9. The number of amides is 1. The first-order chi connectivity index (χ1) is 11.3. The van der Waals surface area contributed by atoms with Gasteiger partial charge < -0.3 is 10.0 Å². The standard InChI is InChI=1S/C16H18N2O5S/c1-18(11-16(20)21)15(19)8-9-17-24(22,23)14-7-6-12-4-2-3-5-13(12)10-14/h2-7,10,17H,8-9,11H2,1H3,(H,20,21). The number of nitrogens with one attached hydrogen (secondary N) is 1. The third-order valence-corrected chi connectivity index (χ3v) is 4.92. The molecule has 24 heavy (non-hydrogen) atoms. The average molecular weight is 350 g/mol. The van der Waals surface area contributed by atoms with Crippen molar-refractivity contribution in [2.75, 3.05) is 20.1 Å². The third-order valence-electron chi connectivity index (χ3n) is 3.46. The molecule has 0 radical (unpaired) electrons. The SMILES string of the molecule is CN(CC(=O)O)C(=O)CCNS(=O)(=O)c1ccc2ccccc2c1. The van der Waals surface area contributed by atoms with Crippen LogP contribution in [0.15, 0.2) is 47.4 Å². The van der Waals surface area contributed by atoms with E-state index in [-0.39, 0.29) is 17.9 Å². The Balaban J connectivity index is 2.00. The van der Waals surface area contributed by atoms with Crippen LogP contribution in [0.2, 0.25) is 0 Å². The van der Waals surface area contributed by atoms with E-state index in [0.29, 0.717) is 0 Å². The molecule has 0 aliphatic rings. The third kappa shape index (κ3) is 4.53. The Labute approximate surface area is 139 Å². The van der Waals surface area contributed by atoms with E-state index in [0.717, 1.165) is 15.7 Å². The maximum atomic E-state index is 12.3. The van der Waals surface area contributed by atoms with Crippen molar-refractivity contribution >= 4 is 32.7 Å². The topological polar surface area (TPSA) is 104 Å². The number of hydrogen-bond donors (Lipinski definition) is 2. The van der Waals surface area contributed by atoms with Crippen molar-refractivity contribution in [3.8, 4) is 0 Å². The van der Waals surface area contributed by atoms with E-state index in [1.807, 2.05) is 24.3 Å². The number of rotatable bonds is 7. The fourth-order valence-electron chi connectivity index (χ4n) is 2.19. The number of hydrogen-bond acceptors (Lipinski definition) is 4. The van der Waals surface area contributed by atoms with Crippen molar-refractivity contribution < 1.29 is 23.1 Å². The Morgan fingerprint density at radius 1 is 1.12 bits per heavy atom. The Bertz CT molecular complexity index is 864. The van der Waals surface area contributed by atoms with Crippen LogP contribution in [-0.4, -0.2) is 50.4 Å². The molecule has 0 unspecified atom stereocenters. The number of carbonyl (C=O) groups is 2. The molecule has 0 saturated heterocycles. The van der Waals surface area contributed by atoms with Gasteiger partial charge in [0.05, 0.1) is 4.90 Å². The molecule has 128 valence electrons. The summed E-state index contributed by atoms with van der Waals surface area (Å²) in [5, 5.41) is 10.4. The highest BCUT2D eigenvalue weighted by atomic mass is 32.2. The minimum Gasteiger partial charge on any atom is -0.480 e. The van der Waals surface area contributed by atoms with Gasteiger partial charge in [-0.25, -0.2) is 13.1 Å². The van der Waals surface area contributed by atoms with Gasteiger partial charge in [-0.3, -0.25) is 9.59 Å². The highest BCUT2D eigenvalue weighted by Gasteiger charge is 2.16. The van der Waals surface area contributed by atoms with Gasteiger partial charge in [-0.1, -0.05) is 30.3 Å². The maximum absolute atomic E-state index is 12.3. The van der Waals surface area contributed by atoms with Crippen LogP contribution in [0.1, 0.15) is 6.42 Å². The van der Waals surface area contributed by atoms with Gasteiger partial charge in [0, 0.05) is 20.0 Å². The molecule has 2 aromatic rings. The summed E-state index contributed by atoms with van der Waals surface area (Å²) in [7, 11) is -2.38. The summed E-state index contributed by atoms with van der Waals surface area (Å²) in [4.78, 5) is 23.4. The second-order valence-corrected chi connectivity index (χ2v) is 7.07. The van der Waals surface area contributed by atoms with E-state index in [9.17, 15) is 18.0 Å². The highest BCUT2D eigenvalue weighted by Crippen LogP contribution is 2.18. The number of nitrogens with zero attached hydrogens (tertiary/aromatic N) is 1. The fraction of sp³-hybridized carbons (Fsp3) is 0.250. The summed E-state index contributed by atoms with van der Waals surface area (Å²) in [5.74, 6) is -1.57. The first-order valence-electron chi connectivity index (χ1n) is 7.24. The quantitative estimate of drug-likeness (QED) is 0.777. The Morgan fingerprint density at radius 3 is 2.46 bits per heavy atom. The molecule has 0 atom stereocenters. The first-order valence-corrected chi connectivity index (χ1v) is 8.72. The van der Waals surface area contributed by atoms with Gasteiger partial charge in [0.1, 0.15) is 6.54 Å². The normalized spacial score (nSPS) is 11.4. The summed E-state index contributed by atoms with van der Waals surface area (Å²) in [6.07, 6.45) is -0.114.